The van der Waals surface area contributed by atoms with Crippen molar-refractivity contribution in [1.82, 2.24) is 0 Å². The van der Waals surface area contributed by atoms with E-state index in [1.54, 1.807) is 18.1 Å². The molecule has 4 heteroatoms. The van der Waals surface area contributed by atoms with E-state index in [2.05, 4.69) is 0 Å². The van der Waals surface area contributed by atoms with Crippen molar-refractivity contribution in [2.45, 2.75) is 38.1 Å². The van der Waals surface area contributed by atoms with Gasteiger partial charge >= 0.3 is 5.97 Å². The van der Waals surface area contributed by atoms with Crippen molar-refractivity contribution < 1.29 is 14.7 Å². The first-order valence-corrected chi connectivity index (χ1v) is 6.23. The van der Waals surface area contributed by atoms with Crippen LogP contribution in [-0.2, 0) is 9.59 Å². The van der Waals surface area contributed by atoms with Gasteiger partial charge in [-0.25, -0.2) is 4.79 Å². The van der Waals surface area contributed by atoms with Gasteiger partial charge in [0.2, 0.25) is 0 Å². The predicted octanol–water partition coefficient (Wildman–Crippen LogP) is 1.85. The molecule has 0 aromatic heterocycles. The van der Waals surface area contributed by atoms with Crippen LogP contribution >= 0.6 is 0 Å². The van der Waals surface area contributed by atoms with Gasteiger partial charge in [-0.15, -0.1) is 0 Å². The molecule has 0 heterocycles. The molecule has 4 nitrogen and oxygen atoms in total. The number of carboxylic acids is 1. The zero-order chi connectivity index (χ0) is 13.4. The highest BCUT2D eigenvalue weighted by Crippen LogP contribution is 2.16. The molecule has 2 aliphatic carbocycles. The third-order valence-electron chi connectivity index (χ3n) is 3.06. The van der Waals surface area contributed by atoms with Crippen molar-refractivity contribution in [3.8, 4) is 0 Å². The molecule has 0 aromatic carbocycles. The molecule has 98 valence electrons. The fraction of sp³-hybridized carbons (Fsp3) is 0.500. The molecular formula is C14H19NO3. The topological polar surface area (TPSA) is 80.4 Å². The van der Waals surface area contributed by atoms with E-state index in [1.807, 2.05) is 0 Å². The highest BCUT2D eigenvalue weighted by atomic mass is 16.4. The van der Waals surface area contributed by atoms with E-state index < -0.39 is 11.9 Å². The number of carbonyl (C=O) groups excluding carboxylic acids is 1. The van der Waals surface area contributed by atoms with Gasteiger partial charge in [0.1, 0.15) is 11.9 Å². The Labute approximate surface area is 107 Å². The van der Waals surface area contributed by atoms with Crippen LogP contribution in [0.2, 0.25) is 0 Å². The highest BCUT2D eigenvalue weighted by molar-refractivity contribution is 5.82. The van der Waals surface area contributed by atoms with Crippen molar-refractivity contribution in [2.75, 3.05) is 0 Å². The van der Waals surface area contributed by atoms with Crippen LogP contribution < -0.4 is 5.73 Å². The smallest absolute Gasteiger partial charge is 0.315 e. The molecule has 0 saturated heterocycles. The van der Waals surface area contributed by atoms with E-state index in [0.29, 0.717) is 6.04 Å². The second-order valence-corrected chi connectivity index (χ2v) is 4.52. The molecule has 18 heavy (non-hydrogen) atoms. The Hall–Kier alpha value is -1.64. The van der Waals surface area contributed by atoms with Crippen molar-refractivity contribution in [3.63, 3.8) is 0 Å². The Kier molecular flexibility index (Phi) is 6.12. The van der Waals surface area contributed by atoms with Gasteiger partial charge in [-0.05, 0) is 18.9 Å². The first-order chi connectivity index (χ1) is 8.65. The zero-order valence-electron chi connectivity index (χ0n) is 10.3. The zero-order valence-corrected chi connectivity index (χ0v) is 10.3. The average molecular weight is 249 g/mol. The summed E-state index contributed by atoms with van der Waals surface area (Å²) < 4.78 is 0. The molecule has 0 spiro atoms. The lowest BCUT2D eigenvalue weighted by Gasteiger charge is -2.15. The summed E-state index contributed by atoms with van der Waals surface area (Å²) in [5.74, 6) is -0.263. The molecule has 1 saturated carbocycles. The predicted molar refractivity (Wildman–Crippen MR) is 69.7 cm³/mol. The fourth-order valence-electron chi connectivity index (χ4n) is 1.99. The van der Waals surface area contributed by atoms with Crippen LogP contribution in [0.5, 0.6) is 0 Å². The standard InChI is InChI=1S/C8H6O3.C6H13N/c9-5-6-3-1-2-4-7(6)8(10)11;7-6-4-2-1-3-5-6/h1-4,7H,(H,10,11);6H,1-5,7H2. The minimum Gasteiger partial charge on any atom is -0.481 e. The van der Waals surface area contributed by atoms with Crippen LogP contribution in [0.25, 0.3) is 0 Å². The Morgan fingerprint density at radius 1 is 1.28 bits per heavy atom. The minimum absolute atomic E-state index is 0.167. The Morgan fingerprint density at radius 2 is 1.94 bits per heavy atom. The van der Waals surface area contributed by atoms with Gasteiger partial charge in [0.15, 0.2) is 0 Å². The maximum absolute atomic E-state index is 10.4. The Bertz CT molecular complexity index is 386. The molecule has 1 fully saturated rings. The Morgan fingerprint density at radius 3 is 2.33 bits per heavy atom. The lowest BCUT2D eigenvalue weighted by atomic mass is 9.96. The number of aliphatic carboxylic acids is 1. The number of allylic oxidation sites excluding steroid dienone is 3. The highest BCUT2D eigenvalue weighted by Gasteiger charge is 2.19. The molecule has 2 aliphatic rings. The van der Waals surface area contributed by atoms with Crippen molar-refractivity contribution in [3.05, 3.63) is 29.9 Å². The van der Waals surface area contributed by atoms with Crippen molar-refractivity contribution in [2.24, 2.45) is 11.7 Å². The van der Waals surface area contributed by atoms with Gasteiger partial charge < -0.3 is 10.8 Å². The third kappa shape index (κ3) is 4.70. The van der Waals surface area contributed by atoms with E-state index in [9.17, 15) is 9.59 Å². The number of carbonyl (C=O) groups is 1. The van der Waals surface area contributed by atoms with E-state index in [-0.39, 0.29) is 5.57 Å². The van der Waals surface area contributed by atoms with Crippen LogP contribution in [-0.4, -0.2) is 23.1 Å². The second-order valence-electron chi connectivity index (χ2n) is 4.52. The largest absolute Gasteiger partial charge is 0.481 e. The molecule has 3 N–H and O–H groups in total. The molecule has 0 radical (unpaired) electrons. The third-order valence-corrected chi connectivity index (χ3v) is 3.06. The maximum atomic E-state index is 10.4. The second kappa shape index (κ2) is 7.64. The van der Waals surface area contributed by atoms with E-state index in [1.165, 1.54) is 44.3 Å². The summed E-state index contributed by atoms with van der Waals surface area (Å²) in [6.07, 6.45) is 12.8. The molecular weight excluding hydrogens is 230 g/mol. The normalized spacial score (nSPS) is 22.9. The first-order valence-electron chi connectivity index (χ1n) is 6.23. The average Bonchev–Trinajstić information content (AvgIpc) is 2.40. The van der Waals surface area contributed by atoms with Crippen LogP contribution in [0.3, 0.4) is 0 Å². The summed E-state index contributed by atoms with van der Waals surface area (Å²) in [6, 6.07) is 0.536. The SMILES string of the molecule is NC1CCCCC1.O=C=C1C=CC=CC1C(=O)O. The molecule has 0 amide bonds. The summed E-state index contributed by atoms with van der Waals surface area (Å²) in [4.78, 5) is 20.6. The molecule has 0 aliphatic heterocycles. The lowest BCUT2D eigenvalue weighted by molar-refractivity contribution is -0.138. The van der Waals surface area contributed by atoms with Gasteiger partial charge in [0.05, 0.1) is 5.57 Å². The van der Waals surface area contributed by atoms with Crippen LogP contribution in [0.1, 0.15) is 32.1 Å². The lowest BCUT2D eigenvalue weighted by Crippen LogP contribution is -2.22. The number of nitrogens with two attached hydrogens (primary N) is 1. The van der Waals surface area contributed by atoms with E-state index >= 15 is 0 Å². The molecule has 0 aromatic rings. The van der Waals surface area contributed by atoms with E-state index in [0.717, 1.165) is 0 Å². The summed E-state index contributed by atoms with van der Waals surface area (Å²) in [6.45, 7) is 0. The van der Waals surface area contributed by atoms with Gasteiger partial charge in [-0.1, -0.05) is 37.5 Å². The molecule has 1 unspecified atom stereocenters. The van der Waals surface area contributed by atoms with Gasteiger partial charge in [-0.3, -0.25) is 4.79 Å². The quantitative estimate of drug-likeness (QED) is 0.695. The van der Waals surface area contributed by atoms with Crippen LogP contribution in [0.15, 0.2) is 29.9 Å². The number of hydrogen-bond acceptors (Lipinski definition) is 3. The molecule has 1 atom stereocenters. The van der Waals surface area contributed by atoms with Gasteiger partial charge in [0.25, 0.3) is 0 Å². The minimum atomic E-state index is -1.02. The fourth-order valence-corrected chi connectivity index (χ4v) is 1.99. The summed E-state index contributed by atoms with van der Waals surface area (Å²) in [7, 11) is 0. The number of hydrogen-bond donors (Lipinski definition) is 2. The summed E-state index contributed by atoms with van der Waals surface area (Å²) in [5.41, 5.74) is 5.80. The number of rotatable bonds is 1. The Balaban J connectivity index is 0.000000199. The molecule has 0 bridgehead atoms. The molecule has 2 rings (SSSR count). The van der Waals surface area contributed by atoms with Gasteiger partial charge in [-0.2, -0.15) is 0 Å². The number of carboxylic acid groups (broad SMARTS) is 1. The van der Waals surface area contributed by atoms with E-state index in [4.69, 9.17) is 10.8 Å². The maximum Gasteiger partial charge on any atom is 0.315 e. The van der Waals surface area contributed by atoms with Gasteiger partial charge in [0, 0.05) is 6.04 Å². The van der Waals surface area contributed by atoms with Crippen LogP contribution in [0, 0.1) is 5.92 Å². The summed E-state index contributed by atoms with van der Waals surface area (Å²) in [5, 5.41) is 8.55. The van der Waals surface area contributed by atoms with Crippen molar-refractivity contribution in [1.29, 1.82) is 0 Å². The monoisotopic (exact) mass is 249 g/mol. The first kappa shape index (κ1) is 14.4. The summed E-state index contributed by atoms with van der Waals surface area (Å²) >= 11 is 0. The van der Waals surface area contributed by atoms with Crippen molar-refractivity contribution >= 4 is 11.9 Å². The van der Waals surface area contributed by atoms with Crippen LogP contribution in [0.4, 0.5) is 0 Å².